The van der Waals surface area contributed by atoms with E-state index in [1.54, 1.807) is 14.2 Å². The summed E-state index contributed by atoms with van der Waals surface area (Å²) in [5, 5.41) is 0.902. The van der Waals surface area contributed by atoms with Crippen LogP contribution in [0.25, 0.3) is 0 Å². The summed E-state index contributed by atoms with van der Waals surface area (Å²) in [6, 6.07) is 13.1. The molecule has 0 fully saturated rings. The highest BCUT2D eigenvalue weighted by Gasteiger charge is 2.46. The molecule has 0 spiro atoms. The van der Waals surface area contributed by atoms with Gasteiger partial charge in [-0.3, -0.25) is 4.90 Å². The highest BCUT2D eigenvalue weighted by molar-refractivity contribution is 6.32. The third-order valence-electron chi connectivity index (χ3n) is 9.22. The lowest BCUT2D eigenvalue weighted by Crippen LogP contribution is -3.07. The highest BCUT2D eigenvalue weighted by Crippen LogP contribution is 2.48. The van der Waals surface area contributed by atoms with Crippen molar-refractivity contribution in [2.75, 3.05) is 33.2 Å². The molecule has 2 aromatic carbocycles. The van der Waals surface area contributed by atoms with E-state index in [2.05, 4.69) is 101 Å². The lowest BCUT2D eigenvalue weighted by molar-refractivity contribution is -0.828. The molecule has 0 amide bonds. The van der Waals surface area contributed by atoms with Gasteiger partial charge in [-0.15, -0.1) is 0 Å². The van der Waals surface area contributed by atoms with Crippen molar-refractivity contribution >= 4 is 23.0 Å². The van der Waals surface area contributed by atoms with Crippen molar-refractivity contribution in [2.24, 2.45) is 0 Å². The number of quaternary nitrogens is 1. The fourth-order valence-corrected chi connectivity index (χ4v) is 7.15. The number of likely N-dealkylation sites (N-methyl/N-ethyl adjacent to an activating group) is 2. The van der Waals surface area contributed by atoms with Crippen molar-refractivity contribution < 1.29 is 14.4 Å². The molecule has 1 N–H and O–H groups in total. The van der Waals surface area contributed by atoms with Gasteiger partial charge in [0, 0.05) is 40.5 Å². The standard InChI is InChI=1S/C34H41ClN2O2/c1-33(2)26-20-24(38-7)14-16-28(26)36(5)30(33)18-12-22-10-9-11-23(32(22)35)13-19-31-34(3,4)27-21-25(39-8)15-17-29(27)37(31)6/h12-21,30H,9-11H2,1-8H3/p+1. The third kappa shape index (κ3) is 4.62. The Kier molecular flexibility index (Phi) is 7.24. The lowest BCUT2D eigenvalue weighted by Gasteiger charge is -2.26. The zero-order valence-electron chi connectivity index (χ0n) is 24.6. The third-order valence-corrected chi connectivity index (χ3v) is 9.70. The molecule has 1 aliphatic carbocycles. The van der Waals surface area contributed by atoms with Crippen LogP contribution in [0.4, 0.5) is 11.4 Å². The average molecular weight is 546 g/mol. The monoisotopic (exact) mass is 545 g/mol. The Morgan fingerprint density at radius 3 is 2.31 bits per heavy atom. The summed E-state index contributed by atoms with van der Waals surface area (Å²) in [6.07, 6.45) is 12.3. The van der Waals surface area contributed by atoms with Crippen LogP contribution in [0.2, 0.25) is 0 Å². The lowest BCUT2D eigenvalue weighted by atomic mass is 9.80. The van der Waals surface area contributed by atoms with Crippen molar-refractivity contribution in [3.05, 3.63) is 93.7 Å². The normalized spacial score (nSPS) is 25.5. The number of halogens is 1. The Morgan fingerprint density at radius 2 is 1.62 bits per heavy atom. The summed E-state index contributed by atoms with van der Waals surface area (Å²) in [4.78, 5) is 3.70. The number of fused-ring (bicyclic) bond motifs is 2. The minimum atomic E-state index is -0.123. The van der Waals surface area contributed by atoms with Crippen LogP contribution in [0.1, 0.15) is 58.1 Å². The highest BCUT2D eigenvalue weighted by atomic mass is 35.5. The summed E-state index contributed by atoms with van der Waals surface area (Å²) >= 11 is 7.07. The number of rotatable bonds is 5. The van der Waals surface area contributed by atoms with Gasteiger partial charge in [0.25, 0.3) is 0 Å². The Bertz CT molecular complexity index is 1410. The predicted octanol–water partition coefficient (Wildman–Crippen LogP) is 6.98. The van der Waals surface area contributed by atoms with Gasteiger partial charge < -0.3 is 14.4 Å². The van der Waals surface area contributed by atoms with Crippen LogP contribution in [-0.2, 0) is 10.8 Å². The first-order valence-corrected chi connectivity index (χ1v) is 14.3. The van der Waals surface area contributed by atoms with Gasteiger partial charge in [0.2, 0.25) is 0 Å². The summed E-state index contributed by atoms with van der Waals surface area (Å²) in [5.74, 6) is 1.81. The molecule has 5 heteroatoms. The number of methoxy groups -OCH3 is 2. The second kappa shape index (κ2) is 10.2. The Hall–Kier alpha value is -2.95. The molecular formula is C34H42ClN2O2+. The van der Waals surface area contributed by atoms with Gasteiger partial charge in [0.1, 0.15) is 23.2 Å². The summed E-state index contributed by atoms with van der Waals surface area (Å²) in [5.41, 5.74) is 8.78. The van der Waals surface area contributed by atoms with E-state index in [0.29, 0.717) is 6.04 Å². The molecular weight excluding hydrogens is 504 g/mol. The van der Waals surface area contributed by atoms with Crippen LogP contribution in [0.15, 0.2) is 82.6 Å². The van der Waals surface area contributed by atoms with Crippen molar-refractivity contribution in [3.8, 4) is 11.5 Å². The fraction of sp³-hybridized carbons (Fsp3) is 0.412. The number of hydrogen-bond acceptors (Lipinski definition) is 3. The topological polar surface area (TPSA) is 26.1 Å². The van der Waals surface area contributed by atoms with Crippen molar-refractivity contribution in [2.45, 2.75) is 63.8 Å². The van der Waals surface area contributed by atoms with Crippen molar-refractivity contribution in [1.82, 2.24) is 0 Å². The summed E-state index contributed by atoms with van der Waals surface area (Å²) in [6.45, 7) is 9.22. The van der Waals surface area contributed by atoms with E-state index < -0.39 is 0 Å². The van der Waals surface area contributed by atoms with Gasteiger partial charge in [-0.1, -0.05) is 37.6 Å². The molecule has 2 aromatic rings. The number of hydrogen-bond donors (Lipinski definition) is 1. The minimum absolute atomic E-state index is 0.00836. The maximum atomic E-state index is 7.07. The SMILES string of the molecule is COc1ccc2c(c1)C(C)(C)C(=CC=C1CCCC(C=CC3[NH+](C)c4ccc(OC)cc4C3(C)C)=C1Cl)N2C. The fourth-order valence-electron chi connectivity index (χ4n) is 6.83. The van der Waals surface area contributed by atoms with Crippen LogP contribution in [0.5, 0.6) is 11.5 Å². The number of benzene rings is 2. The second-order valence-corrected chi connectivity index (χ2v) is 12.5. The molecule has 0 saturated heterocycles. The van der Waals surface area contributed by atoms with Crippen LogP contribution >= 0.6 is 11.6 Å². The second-order valence-electron chi connectivity index (χ2n) is 12.2. The summed E-state index contributed by atoms with van der Waals surface area (Å²) in [7, 11) is 7.86. The number of anilines is 1. The van der Waals surface area contributed by atoms with E-state index in [1.807, 2.05) is 6.07 Å². The number of ether oxygens (including phenoxy) is 2. The molecule has 5 rings (SSSR count). The molecule has 2 unspecified atom stereocenters. The number of allylic oxidation sites excluding steroid dienone is 7. The van der Waals surface area contributed by atoms with Crippen molar-refractivity contribution in [1.29, 1.82) is 0 Å². The molecule has 3 aliphatic rings. The van der Waals surface area contributed by atoms with Gasteiger partial charge in [-0.2, -0.15) is 0 Å². The van der Waals surface area contributed by atoms with E-state index in [0.717, 1.165) is 35.8 Å². The van der Waals surface area contributed by atoms with E-state index in [9.17, 15) is 0 Å². The molecule has 2 heterocycles. The van der Waals surface area contributed by atoms with E-state index in [4.69, 9.17) is 21.1 Å². The Labute approximate surface area is 239 Å². The smallest absolute Gasteiger partial charge is 0.135 e. The number of nitrogens with one attached hydrogen (secondary N) is 1. The van der Waals surface area contributed by atoms with Crippen LogP contribution < -0.4 is 19.3 Å². The molecule has 2 atom stereocenters. The van der Waals surface area contributed by atoms with Crippen LogP contribution in [-0.4, -0.2) is 34.4 Å². The van der Waals surface area contributed by atoms with Gasteiger partial charge in [0.15, 0.2) is 0 Å². The first-order valence-electron chi connectivity index (χ1n) is 13.9. The van der Waals surface area contributed by atoms with Gasteiger partial charge in [-0.05, 0) is 92.3 Å². The van der Waals surface area contributed by atoms with Crippen molar-refractivity contribution in [3.63, 3.8) is 0 Å². The summed E-state index contributed by atoms with van der Waals surface area (Å²) < 4.78 is 11.0. The largest absolute Gasteiger partial charge is 0.497 e. The van der Waals surface area contributed by atoms with Crippen LogP contribution in [0.3, 0.4) is 0 Å². The van der Waals surface area contributed by atoms with E-state index in [1.165, 1.54) is 44.2 Å². The predicted molar refractivity (Wildman–Crippen MR) is 163 cm³/mol. The number of nitrogens with zero attached hydrogens (tertiary/aromatic N) is 1. The average Bonchev–Trinajstić information content (AvgIpc) is 3.23. The first-order chi connectivity index (χ1) is 18.5. The zero-order valence-corrected chi connectivity index (χ0v) is 25.4. The zero-order chi connectivity index (χ0) is 28.1. The van der Waals surface area contributed by atoms with Gasteiger partial charge in [0.05, 0.1) is 26.7 Å². The molecule has 39 heavy (non-hydrogen) atoms. The molecule has 4 nitrogen and oxygen atoms in total. The maximum absolute atomic E-state index is 7.07. The molecule has 206 valence electrons. The van der Waals surface area contributed by atoms with Gasteiger partial charge >= 0.3 is 0 Å². The minimum Gasteiger partial charge on any atom is -0.497 e. The maximum Gasteiger partial charge on any atom is 0.135 e. The van der Waals surface area contributed by atoms with E-state index in [-0.39, 0.29) is 10.8 Å². The quantitative estimate of drug-likeness (QED) is 0.439. The Balaban J connectivity index is 1.42. The van der Waals surface area contributed by atoms with Crippen LogP contribution in [0, 0.1) is 0 Å². The molecule has 0 aromatic heterocycles. The molecule has 2 aliphatic heterocycles. The first kappa shape index (κ1) is 27.6. The molecule has 0 radical (unpaired) electrons. The van der Waals surface area contributed by atoms with Gasteiger partial charge in [-0.25, -0.2) is 0 Å². The Morgan fingerprint density at radius 1 is 0.949 bits per heavy atom. The molecule has 0 bridgehead atoms. The molecule has 0 saturated carbocycles. The van der Waals surface area contributed by atoms with E-state index >= 15 is 0 Å².